The minimum absolute atomic E-state index is 0.0469. The summed E-state index contributed by atoms with van der Waals surface area (Å²) in [6, 6.07) is 12.9. The molecule has 1 fully saturated rings. The lowest BCUT2D eigenvalue weighted by Gasteiger charge is -2.16. The molecular formula is C21H24N2O5S. The molecule has 8 heteroatoms. The van der Waals surface area contributed by atoms with Gasteiger partial charge >= 0.3 is 5.97 Å². The largest absolute Gasteiger partial charge is 0.449 e. The normalized spacial score (nSPS) is 15.7. The molecule has 1 aliphatic rings. The SMILES string of the molecule is Cc1ccc(NC(=O)[C@H](C)OC(=O)c2cccc(S(=O)(=O)N3CCCC3)c2)cc1. The fraction of sp³-hybridized carbons (Fsp3) is 0.333. The molecule has 0 spiro atoms. The first-order valence-corrected chi connectivity index (χ1v) is 10.9. The van der Waals surface area contributed by atoms with E-state index >= 15 is 0 Å². The van der Waals surface area contributed by atoms with Gasteiger partial charge in [-0.05, 0) is 57.0 Å². The second-order valence-corrected chi connectivity index (χ2v) is 8.98. The van der Waals surface area contributed by atoms with Gasteiger partial charge in [0.2, 0.25) is 10.0 Å². The summed E-state index contributed by atoms with van der Waals surface area (Å²) in [5, 5.41) is 2.68. The zero-order chi connectivity index (χ0) is 21.0. The summed E-state index contributed by atoms with van der Waals surface area (Å²) >= 11 is 0. The van der Waals surface area contributed by atoms with Crippen LogP contribution in [0, 0.1) is 6.92 Å². The number of hydrogen-bond donors (Lipinski definition) is 1. The molecule has 2 aromatic carbocycles. The third-order valence-corrected chi connectivity index (χ3v) is 6.64. The molecule has 0 saturated carbocycles. The Kier molecular flexibility index (Phi) is 6.34. The highest BCUT2D eigenvalue weighted by Gasteiger charge is 2.28. The highest BCUT2D eigenvalue weighted by Crippen LogP contribution is 2.22. The molecule has 0 radical (unpaired) electrons. The predicted molar refractivity (Wildman–Crippen MR) is 109 cm³/mol. The van der Waals surface area contributed by atoms with E-state index in [0.29, 0.717) is 18.8 Å². The Bertz CT molecular complexity index is 996. The number of carbonyl (C=O) groups is 2. The molecule has 0 unspecified atom stereocenters. The van der Waals surface area contributed by atoms with Crippen molar-refractivity contribution in [1.82, 2.24) is 4.31 Å². The summed E-state index contributed by atoms with van der Waals surface area (Å²) in [5.41, 5.74) is 1.74. The van der Waals surface area contributed by atoms with Crippen molar-refractivity contribution < 1.29 is 22.7 Å². The molecule has 0 bridgehead atoms. The maximum Gasteiger partial charge on any atom is 0.338 e. The number of esters is 1. The number of anilines is 1. The first-order valence-electron chi connectivity index (χ1n) is 9.46. The fourth-order valence-corrected chi connectivity index (χ4v) is 4.59. The van der Waals surface area contributed by atoms with Crippen LogP contribution < -0.4 is 5.32 Å². The number of amides is 1. The minimum Gasteiger partial charge on any atom is -0.449 e. The van der Waals surface area contributed by atoms with Crippen LogP contribution in [0.2, 0.25) is 0 Å². The van der Waals surface area contributed by atoms with Crippen molar-refractivity contribution in [2.75, 3.05) is 18.4 Å². The van der Waals surface area contributed by atoms with Crippen molar-refractivity contribution in [3.8, 4) is 0 Å². The number of sulfonamides is 1. The molecular weight excluding hydrogens is 392 g/mol. The van der Waals surface area contributed by atoms with Crippen LogP contribution in [0.5, 0.6) is 0 Å². The highest BCUT2D eigenvalue weighted by atomic mass is 32.2. The van der Waals surface area contributed by atoms with Gasteiger partial charge in [-0.25, -0.2) is 13.2 Å². The lowest BCUT2D eigenvalue weighted by atomic mass is 10.2. The standard InChI is InChI=1S/C21H24N2O5S/c1-15-8-10-18(11-9-15)22-20(24)16(2)28-21(25)17-6-5-7-19(14-17)29(26,27)23-12-3-4-13-23/h5-11,14,16H,3-4,12-13H2,1-2H3,(H,22,24)/t16-/m0/s1. The summed E-state index contributed by atoms with van der Waals surface area (Å²) in [4.78, 5) is 24.8. The summed E-state index contributed by atoms with van der Waals surface area (Å²) in [5.74, 6) is -1.22. The van der Waals surface area contributed by atoms with E-state index in [9.17, 15) is 18.0 Å². The Morgan fingerprint density at radius 3 is 2.38 bits per heavy atom. The van der Waals surface area contributed by atoms with Crippen molar-refractivity contribution in [2.24, 2.45) is 0 Å². The molecule has 154 valence electrons. The van der Waals surface area contributed by atoms with E-state index in [2.05, 4.69) is 5.32 Å². The summed E-state index contributed by atoms with van der Waals surface area (Å²) in [7, 11) is -3.64. The van der Waals surface area contributed by atoms with Gasteiger partial charge < -0.3 is 10.1 Å². The van der Waals surface area contributed by atoms with Crippen molar-refractivity contribution in [3.63, 3.8) is 0 Å². The van der Waals surface area contributed by atoms with Gasteiger partial charge in [0.05, 0.1) is 10.5 Å². The van der Waals surface area contributed by atoms with Gasteiger partial charge in [0.25, 0.3) is 5.91 Å². The van der Waals surface area contributed by atoms with Crippen LogP contribution in [0.25, 0.3) is 0 Å². The molecule has 7 nitrogen and oxygen atoms in total. The summed E-state index contributed by atoms with van der Waals surface area (Å²) in [6.45, 7) is 4.36. The Hall–Kier alpha value is -2.71. The van der Waals surface area contributed by atoms with Gasteiger partial charge in [0.15, 0.2) is 6.10 Å². The number of nitrogens with zero attached hydrogens (tertiary/aromatic N) is 1. The van der Waals surface area contributed by atoms with E-state index in [1.807, 2.05) is 19.1 Å². The monoisotopic (exact) mass is 416 g/mol. The molecule has 1 N–H and O–H groups in total. The maximum absolute atomic E-state index is 12.7. The van der Waals surface area contributed by atoms with E-state index < -0.39 is 28.0 Å². The number of aryl methyl sites for hydroxylation is 1. The van der Waals surface area contributed by atoms with Crippen LogP contribution in [0.4, 0.5) is 5.69 Å². The van der Waals surface area contributed by atoms with Crippen LogP contribution in [-0.2, 0) is 19.6 Å². The van der Waals surface area contributed by atoms with Gasteiger partial charge in [-0.15, -0.1) is 0 Å². The van der Waals surface area contributed by atoms with E-state index in [1.165, 1.54) is 35.5 Å². The first-order chi connectivity index (χ1) is 13.8. The molecule has 29 heavy (non-hydrogen) atoms. The van der Waals surface area contributed by atoms with Crippen LogP contribution in [0.15, 0.2) is 53.4 Å². The van der Waals surface area contributed by atoms with Crippen LogP contribution >= 0.6 is 0 Å². The lowest BCUT2D eigenvalue weighted by molar-refractivity contribution is -0.123. The smallest absolute Gasteiger partial charge is 0.338 e. The number of carbonyl (C=O) groups excluding carboxylic acids is 2. The number of rotatable bonds is 6. The zero-order valence-electron chi connectivity index (χ0n) is 16.4. The average Bonchev–Trinajstić information content (AvgIpc) is 3.25. The van der Waals surface area contributed by atoms with E-state index in [4.69, 9.17) is 4.74 Å². The van der Waals surface area contributed by atoms with E-state index in [1.54, 1.807) is 12.1 Å². The van der Waals surface area contributed by atoms with E-state index in [-0.39, 0.29) is 10.5 Å². The van der Waals surface area contributed by atoms with Crippen molar-refractivity contribution in [3.05, 3.63) is 59.7 Å². The van der Waals surface area contributed by atoms with Gasteiger partial charge in [-0.1, -0.05) is 23.8 Å². The van der Waals surface area contributed by atoms with Crippen molar-refractivity contribution >= 4 is 27.6 Å². The number of hydrogen-bond acceptors (Lipinski definition) is 5. The maximum atomic E-state index is 12.7. The topological polar surface area (TPSA) is 92.8 Å². The minimum atomic E-state index is -3.64. The molecule has 1 atom stereocenters. The average molecular weight is 416 g/mol. The molecule has 1 heterocycles. The second-order valence-electron chi connectivity index (χ2n) is 7.04. The molecule has 1 aliphatic heterocycles. The van der Waals surface area contributed by atoms with Crippen LogP contribution in [-0.4, -0.2) is 43.8 Å². The van der Waals surface area contributed by atoms with Crippen molar-refractivity contribution in [2.45, 2.75) is 37.7 Å². The summed E-state index contributed by atoms with van der Waals surface area (Å²) in [6.07, 6.45) is 0.617. The van der Waals surface area contributed by atoms with Gasteiger partial charge in [0, 0.05) is 18.8 Å². The highest BCUT2D eigenvalue weighted by molar-refractivity contribution is 7.89. The predicted octanol–water partition coefficient (Wildman–Crippen LogP) is 2.96. The molecule has 2 aromatic rings. The number of nitrogens with one attached hydrogen (secondary N) is 1. The lowest BCUT2D eigenvalue weighted by Crippen LogP contribution is -2.30. The number of ether oxygens (including phenoxy) is 1. The molecule has 1 amide bonds. The zero-order valence-corrected chi connectivity index (χ0v) is 17.2. The Morgan fingerprint density at radius 2 is 1.72 bits per heavy atom. The third-order valence-electron chi connectivity index (χ3n) is 4.74. The Balaban J connectivity index is 1.67. The fourth-order valence-electron chi connectivity index (χ4n) is 3.02. The Labute approximate surface area is 170 Å². The molecule has 0 aliphatic carbocycles. The third kappa shape index (κ3) is 5.02. The summed E-state index contributed by atoms with van der Waals surface area (Å²) < 4.78 is 32.0. The Morgan fingerprint density at radius 1 is 1.07 bits per heavy atom. The van der Waals surface area contributed by atoms with Crippen molar-refractivity contribution in [1.29, 1.82) is 0 Å². The van der Waals surface area contributed by atoms with Gasteiger partial charge in [-0.2, -0.15) is 4.31 Å². The van der Waals surface area contributed by atoms with Gasteiger partial charge in [-0.3, -0.25) is 4.79 Å². The van der Waals surface area contributed by atoms with Crippen LogP contribution in [0.3, 0.4) is 0 Å². The quantitative estimate of drug-likeness (QED) is 0.731. The second kappa shape index (κ2) is 8.75. The molecule has 0 aromatic heterocycles. The van der Waals surface area contributed by atoms with Crippen LogP contribution in [0.1, 0.15) is 35.7 Å². The number of benzene rings is 2. The van der Waals surface area contributed by atoms with E-state index in [0.717, 1.165) is 18.4 Å². The van der Waals surface area contributed by atoms with Gasteiger partial charge in [0.1, 0.15) is 0 Å². The molecule has 1 saturated heterocycles. The molecule has 3 rings (SSSR count). The first kappa shape index (κ1) is 21.0.